The van der Waals surface area contributed by atoms with Crippen molar-refractivity contribution in [3.63, 3.8) is 0 Å². The number of hydrogen-bond acceptors (Lipinski definition) is 7. The van der Waals surface area contributed by atoms with Gasteiger partial charge in [0.2, 0.25) is 5.78 Å². The van der Waals surface area contributed by atoms with E-state index in [2.05, 4.69) is 4.98 Å². The lowest BCUT2D eigenvalue weighted by Gasteiger charge is -2.11. The Balaban J connectivity index is 1.65. The first kappa shape index (κ1) is 22.8. The van der Waals surface area contributed by atoms with Gasteiger partial charge in [-0.05, 0) is 60.9 Å². The number of phenols is 2. The molecule has 3 aromatic carbocycles. The highest BCUT2D eigenvalue weighted by molar-refractivity contribution is 7.21. The first-order valence-corrected chi connectivity index (χ1v) is 12.3. The average Bonchev–Trinajstić information content (AvgIpc) is 3.44. The third-order valence-electron chi connectivity index (χ3n) is 5.77. The molecule has 0 aliphatic rings. The molecule has 174 valence electrons. The number of aromatic nitrogens is 1. The van der Waals surface area contributed by atoms with E-state index in [9.17, 15) is 19.8 Å². The van der Waals surface area contributed by atoms with Crippen LogP contribution in [0.3, 0.4) is 0 Å². The number of hydrogen-bond donors (Lipinski definition) is 3. The van der Waals surface area contributed by atoms with Crippen molar-refractivity contribution in [3.05, 3.63) is 87.2 Å². The molecule has 0 saturated heterocycles. The SMILES string of the molecule is Cc1cc(O)cc(C)c1C(=O)c1sc2cc(O)ccc2c1-c1ccc(-c2nc(C(=O)O)cs2)cc1. The summed E-state index contributed by atoms with van der Waals surface area (Å²) in [6.07, 6.45) is 0. The molecule has 0 aliphatic carbocycles. The monoisotopic (exact) mass is 501 g/mol. The van der Waals surface area contributed by atoms with E-state index in [1.807, 2.05) is 24.3 Å². The van der Waals surface area contributed by atoms with E-state index >= 15 is 0 Å². The number of carbonyl (C=O) groups is 2. The van der Waals surface area contributed by atoms with Crippen molar-refractivity contribution in [2.45, 2.75) is 13.8 Å². The second-order valence-corrected chi connectivity index (χ2v) is 10.1. The summed E-state index contributed by atoms with van der Waals surface area (Å²) in [6.45, 7) is 3.60. The minimum Gasteiger partial charge on any atom is -0.508 e. The standard InChI is InChI=1S/C27H19NO5S2/c1-13-9-18(30)10-14(2)22(13)24(31)25-23(19-8-7-17(29)11-21(19)35-25)15-3-5-16(6-4-15)26-28-20(12-34-26)27(32)33/h3-12,29-30H,1-2H3,(H,32,33). The first-order chi connectivity index (χ1) is 16.7. The summed E-state index contributed by atoms with van der Waals surface area (Å²) in [5.41, 5.74) is 4.28. The number of ketones is 1. The molecule has 5 rings (SSSR count). The molecule has 2 heterocycles. The number of nitrogens with zero attached hydrogens (tertiary/aromatic N) is 1. The van der Waals surface area contributed by atoms with Crippen LogP contribution in [0.25, 0.3) is 31.8 Å². The van der Waals surface area contributed by atoms with Gasteiger partial charge in [0.05, 0.1) is 4.88 Å². The summed E-state index contributed by atoms with van der Waals surface area (Å²) < 4.78 is 0.785. The lowest BCUT2D eigenvalue weighted by molar-refractivity contribution is 0.0691. The summed E-state index contributed by atoms with van der Waals surface area (Å²) in [7, 11) is 0. The number of thiazole rings is 1. The van der Waals surface area contributed by atoms with Gasteiger partial charge < -0.3 is 15.3 Å². The minimum absolute atomic E-state index is 0.00485. The smallest absolute Gasteiger partial charge is 0.355 e. The maximum atomic E-state index is 13.8. The van der Waals surface area contributed by atoms with Crippen LogP contribution in [0.2, 0.25) is 0 Å². The maximum absolute atomic E-state index is 13.8. The van der Waals surface area contributed by atoms with Crippen LogP contribution >= 0.6 is 22.7 Å². The van der Waals surface area contributed by atoms with Crippen molar-refractivity contribution in [3.8, 4) is 33.2 Å². The molecule has 35 heavy (non-hydrogen) atoms. The van der Waals surface area contributed by atoms with E-state index in [1.54, 1.807) is 44.2 Å². The van der Waals surface area contributed by atoms with Crippen molar-refractivity contribution in [2.75, 3.05) is 0 Å². The number of aromatic carboxylic acids is 1. The number of fused-ring (bicyclic) bond motifs is 1. The number of carbonyl (C=O) groups excluding carboxylic acids is 1. The molecule has 0 aliphatic heterocycles. The molecule has 0 spiro atoms. The van der Waals surface area contributed by atoms with Crippen LogP contribution in [0.15, 0.2) is 60.0 Å². The molecule has 0 atom stereocenters. The van der Waals surface area contributed by atoms with Gasteiger partial charge in [-0.15, -0.1) is 22.7 Å². The van der Waals surface area contributed by atoms with E-state index in [0.717, 1.165) is 26.8 Å². The molecule has 8 heteroatoms. The normalized spacial score (nSPS) is 11.1. The molecular weight excluding hydrogens is 482 g/mol. The number of benzene rings is 3. The van der Waals surface area contributed by atoms with E-state index in [0.29, 0.717) is 26.6 Å². The van der Waals surface area contributed by atoms with E-state index in [1.165, 1.54) is 28.1 Å². The molecule has 0 unspecified atom stereocenters. The Morgan fingerprint density at radius 1 is 0.857 bits per heavy atom. The molecule has 2 aromatic heterocycles. The largest absolute Gasteiger partial charge is 0.508 e. The second-order valence-electron chi connectivity index (χ2n) is 8.19. The van der Waals surface area contributed by atoms with Crippen molar-refractivity contribution < 1.29 is 24.9 Å². The topological polar surface area (TPSA) is 108 Å². The highest BCUT2D eigenvalue weighted by Gasteiger charge is 2.24. The van der Waals surface area contributed by atoms with Gasteiger partial charge in [-0.25, -0.2) is 9.78 Å². The highest BCUT2D eigenvalue weighted by atomic mass is 32.1. The fourth-order valence-corrected chi connectivity index (χ4v) is 6.23. The Morgan fingerprint density at radius 2 is 1.51 bits per heavy atom. The number of carboxylic acid groups (broad SMARTS) is 1. The van der Waals surface area contributed by atoms with Gasteiger partial charge in [0.1, 0.15) is 16.5 Å². The van der Waals surface area contributed by atoms with Gasteiger partial charge in [-0.2, -0.15) is 0 Å². The average molecular weight is 502 g/mol. The Labute approximate surface area is 208 Å². The van der Waals surface area contributed by atoms with Gasteiger partial charge in [-0.1, -0.05) is 24.3 Å². The summed E-state index contributed by atoms with van der Waals surface area (Å²) in [5.74, 6) is -0.984. The number of phenolic OH excluding ortho intramolecular Hbond substituents is 2. The zero-order chi connectivity index (χ0) is 24.9. The van der Waals surface area contributed by atoms with Gasteiger partial charge >= 0.3 is 5.97 Å². The molecule has 3 N–H and O–H groups in total. The van der Waals surface area contributed by atoms with Crippen LogP contribution in [0, 0.1) is 13.8 Å². The fraction of sp³-hybridized carbons (Fsp3) is 0.0741. The van der Waals surface area contributed by atoms with Gasteiger partial charge in [-0.3, -0.25) is 4.79 Å². The molecular formula is C27H19NO5S2. The van der Waals surface area contributed by atoms with Crippen LogP contribution in [-0.2, 0) is 0 Å². The maximum Gasteiger partial charge on any atom is 0.355 e. The number of carboxylic acids is 1. The number of rotatable bonds is 5. The summed E-state index contributed by atoms with van der Waals surface area (Å²) in [6, 6.07) is 15.7. The van der Waals surface area contributed by atoms with Crippen LogP contribution in [0.5, 0.6) is 11.5 Å². The minimum atomic E-state index is -1.07. The van der Waals surface area contributed by atoms with Crippen molar-refractivity contribution in [1.29, 1.82) is 0 Å². The highest BCUT2D eigenvalue weighted by Crippen LogP contribution is 2.42. The van der Waals surface area contributed by atoms with Crippen molar-refractivity contribution in [2.24, 2.45) is 0 Å². The predicted octanol–water partition coefficient (Wildman–Crippen LogP) is 6.65. The van der Waals surface area contributed by atoms with Crippen LogP contribution in [-0.4, -0.2) is 32.1 Å². The van der Waals surface area contributed by atoms with Gasteiger partial charge in [0.15, 0.2) is 5.69 Å². The van der Waals surface area contributed by atoms with Gasteiger partial charge in [0, 0.05) is 32.2 Å². The molecule has 5 aromatic rings. The Kier molecular flexibility index (Phi) is 5.62. The zero-order valence-corrected chi connectivity index (χ0v) is 20.3. The molecule has 0 fully saturated rings. The summed E-state index contributed by atoms with van der Waals surface area (Å²) in [5, 5.41) is 32.0. The lowest BCUT2D eigenvalue weighted by Crippen LogP contribution is -2.06. The van der Waals surface area contributed by atoms with E-state index in [-0.39, 0.29) is 23.0 Å². The quantitative estimate of drug-likeness (QED) is 0.233. The second kappa shape index (κ2) is 8.65. The van der Waals surface area contributed by atoms with E-state index in [4.69, 9.17) is 5.11 Å². The molecule has 0 saturated carbocycles. The predicted molar refractivity (Wildman–Crippen MR) is 138 cm³/mol. The molecule has 6 nitrogen and oxygen atoms in total. The summed E-state index contributed by atoms with van der Waals surface area (Å²) >= 11 is 2.57. The third-order valence-corrected chi connectivity index (χ3v) is 7.81. The number of thiophene rings is 1. The fourth-order valence-electron chi connectivity index (χ4n) is 4.23. The van der Waals surface area contributed by atoms with Crippen LogP contribution in [0.1, 0.15) is 36.9 Å². The number of aromatic hydroxyl groups is 2. The van der Waals surface area contributed by atoms with Crippen LogP contribution in [0.4, 0.5) is 0 Å². The van der Waals surface area contributed by atoms with Gasteiger partial charge in [0.25, 0.3) is 0 Å². The van der Waals surface area contributed by atoms with Crippen molar-refractivity contribution >= 4 is 44.5 Å². The number of aryl methyl sites for hydroxylation is 2. The Hall–Kier alpha value is -4.01. The van der Waals surface area contributed by atoms with Crippen LogP contribution < -0.4 is 0 Å². The molecule has 0 bridgehead atoms. The molecule has 0 amide bonds. The zero-order valence-electron chi connectivity index (χ0n) is 18.7. The van der Waals surface area contributed by atoms with E-state index < -0.39 is 5.97 Å². The Morgan fingerprint density at radius 3 is 2.14 bits per heavy atom. The first-order valence-electron chi connectivity index (χ1n) is 10.6. The Bertz CT molecular complexity index is 1610. The molecule has 0 radical (unpaired) electrons. The lowest BCUT2D eigenvalue weighted by atomic mass is 9.93. The summed E-state index contributed by atoms with van der Waals surface area (Å²) in [4.78, 5) is 29.7. The van der Waals surface area contributed by atoms with Crippen molar-refractivity contribution in [1.82, 2.24) is 4.98 Å². The third kappa shape index (κ3) is 4.07.